The molecule has 0 saturated carbocycles. The Morgan fingerprint density at radius 2 is 1.88 bits per heavy atom. The zero-order chi connectivity index (χ0) is 17.9. The van der Waals surface area contributed by atoms with Gasteiger partial charge in [-0.2, -0.15) is 4.31 Å². The van der Waals surface area contributed by atoms with Gasteiger partial charge in [-0.05, 0) is 18.6 Å². The van der Waals surface area contributed by atoms with Gasteiger partial charge in [0.1, 0.15) is 19.8 Å². The third-order valence-corrected chi connectivity index (χ3v) is 6.12. The summed E-state index contributed by atoms with van der Waals surface area (Å²) in [5.41, 5.74) is 0. The molecule has 0 atom stereocenters. The second-order valence-corrected chi connectivity index (χ2v) is 7.81. The minimum atomic E-state index is -3.65. The van der Waals surface area contributed by atoms with E-state index in [0.29, 0.717) is 50.8 Å². The van der Waals surface area contributed by atoms with E-state index in [2.05, 4.69) is 0 Å². The lowest BCUT2D eigenvalue weighted by Crippen LogP contribution is -2.38. The van der Waals surface area contributed by atoms with E-state index in [9.17, 15) is 13.2 Å². The van der Waals surface area contributed by atoms with E-state index in [1.165, 1.54) is 23.5 Å². The molecule has 0 radical (unpaired) electrons. The summed E-state index contributed by atoms with van der Waals surface area (Å²) in [6, 6.07) is 4.65. The maximum Gasteiger partial charge on any atom is 0.248 e. The van der Waals surface area contributed by atoms with Gasteiger partial charge in [-0.1, -0.05) is 0 Å². The Hall–Kier alpha value is -1.84. The number of hydrogen-bond acceptors (Lipinski definition) is 6. The van der Waals surface area contributed by atoms with Gasteiger partial charge in [0.2, 0.25) is 15.9 Å². The highest BCUT2D eigenvalue weighted by Crippen LogP contribution is 2.33. The Kier molecular flexibility index (Phi) is 5.45. The Labute approximate surface area is 147 Å². The van der Waals surface area contributed by atoms with E-state index in [4.69, 9.17) is 14.2 Å². The second-order valence-electron chi connectivity index (χ2n) is 5.88. The fraction of sp³-hybridized carbons (Fsp3) is 0.562. The molecule has 0 spiro atoms. The van der Waals surface area contributed by atoms with Crippen molar-refractivity contribution >= 4 is 15.9 Å². The lowest BCUT2D eigenvalue weighted by atomic mass is 10.3. The highest BCUT2D eigenvalue weighted by molar-refractivity contribution is 7.89. The Balaban J connectivity index is 1.75. The first-order valence-electron chi connectivity index (χ1n) is 8.19. The molecule has 25 heavy (non-hydrogen) atoms. The first-order valence-corrected chi connectivity index (χ1v) is 9.63. The summed E-state index contributed by atoms with van der Waals surface area (Å²) in [6.07, 6.45) is 0.583. The molecule has 2 aliphatic heterocycles. The SMILES string of the molecule is COCC(=O)N1CCCN(S(=O)(=O)c2ccc3c(c2)OCCO3)CC1. The summed E-state index contributed by atoms with van der Waals surface area (Å²) in [5, 5.41) is 0. The van der Waals surface area contributed by atoms with E-state index in [1.54, 1.807) is 11.0 Å². The van der Waals surface area contributed by atoms with E-state index in [-0.39, 0.29) is 24.0 Å². The van der Waals surface area contributed by atoms with Crippen molar-refractivity contribution in [2.45, 2.75) is 11.3 Å². The molecule has 3 rings (SSSR count). The summed E-state index contributed by atoms with van der Waals surface area (Å²) >= 11 is 0. The molecule has 0 aromatic heterocycles. The fourth-order valence-electron chi connectivity index (χ4n) is 2.93. The van der Waals surface area contributed by atoms with E-state index in [0.717, 1.165) is 0 Å². The Morgan fingerprint density at radius 3 is 2.64 bits per heavy atom. The first-order chi connectivity index (χ1) is 12.0. The van der Waals surface area contributed by atoms with Crippen molar-refractivity contribution in [3.63, 3.8) is 0 Å². The summed E-state index contributed by atoms with van der Waals surface area (Å²) < 4.78 is 43.0. The van der Waals surface area contributed by atoms with Crippen molar-refractivity contribution in [3.05, 3.63) is 18.2 Å². The third kappa shape index (κ3) is 3.88. The number of sulfonamides is 1. The molecule has 8 nitrogen and oxygen atoms in total. The second kappa shape index (κ2) is 7.59. The van der Waals surface area contributed by atoms with Crippen molar-refractivity contribution in [2.75, 3.05) is 53.1 Å². The predicted molar refractivity (Wildman–Crippen MR) is 89.3 cm³/mol. The molecular weight excluding hydrogens is 348 g/mol. The summed E-state index contributed by atoms with van der Waals surface area (Å²) in [6.45, 7) is 2.36. The maximum atomic E-state index is 12.9. The van der Waals surface area contributed by atoms with Gasteiger partial charge in [0.25, 0.3) is 0 Å². The zero-order valence-corrected chi connectivity index (χ0v) is 15.0. The number of methoxy groups -OCH3 is 1. The molecule has 0 unspecified atom stereocenters. The predicted octanol–water partition coefficient (Wildman–Crippen LogP) is 0.327. The van der Waals surface area contributed by atoms with Crippen LogP contribution in [0.1, 0.15) is 6.42 Å². The molecule has 1 aromatic carbocycles. The van der Waals surface area contributed by atoms with Crippen LogP contribution >= 0.6 is 0 Å². The van der Waals surface area contributed by atoms with Crippen LogP contribution in [0.2, 0.25) is 0 Å². The van der Waals surface area contributed by atoms with Crippen LogP contribution in [0.5, 0.6) is 11.5 Å². The fourth-order valence-corrected chi connectivity index (χ4v) is 4.42. The van der Waals surface area contributed by atoms with Gasteiger partial charge in [-0.3, -0.25) is 4.79 Å². The van der Waals surface area contributed by atoms with E-state index < -0.39 is 10.0 Å². The Bertz CT molecular complexity index is 736. The normalized spacial score (nSPS) is 18.7. The monoisotopic (exact) mass is 370 g/mol. The van der Waals surface area contributed by atoms with Crippen LogP contribution in [0.15, 0.2) is 23.1 Å². The standard InChI is InChI=1S/C16H22N2O6S/c1-22-12-16(19)17-5-2-6-18(8-7-17)25(20,21)13-3-4-14-15(11-13)24-10-9-23-14/h3-4,11H,2,5-10,12H2,1H3. The highest BCUT2D eigenvalue weighted by Gasteiger charge is 2.29. The molecule has 1 fully saturated rings. The molecule has 138 valence electrons. The van der Waals surface area contributed by atoms with Crippen LogP contribution in [0, 0.1) is 0 Å². The number of hydrogen-bond donors (Lipinski definition) is 0. The first kappa shape index (κ1) is 18.0. The van der Waals surface area contributed by atoms with Gasteiger partial charge in [0.05, 0.1) is 4.90 Å². The maximum absolute atomic E-state index is 12.9. The molecule has 1 aromatic rings. The smallest absolute Gasteiger partial charge is 0.248 e. The number of rotatable bonds is 4. The van der Waals surface area contributed by atoms with Gasteiger partial charge >= 0.3 is 0 Å². The molecule has 0 bridgehead atoms. The van der Waals surface area contributed by atoms with Crippen LogP contribution in [-0.4, -0.2) is 76.6 Å². The van der Waals surface area contributed by atoms with Gasteiger partial charge < -0.3 is 19.1 Å². The number of nitrogens with zero attached hydrogens (tertiary/aromatic N) is 2. The van der Waals surface area contributed by atoms with Crippen molar-refractivity contribution in [1.82, 2.24) is 9.21 Å². The lowest BCUT2D eigenvalue weighted by molar-refractivity contribution is -0.134. The highest BCUT2D eigenvalue weighted by atomic mass is 32.2. The molecule has 1 saturated heterocycles. The number of benzene rings is 1. The third-order valence-electron chi connectivity index (χ3n) is 4.23. The Morgan fingerprint density at radius 1 is 1.12 bits per heavy atom. The number of fused-ring (bicyclic) bond motifs is 1. The summed E-state index contributed by atoms with van der Waals surface area (Å²) in [5.74, 6) is 0.873. The van der Waals surface area contributed by atoms with Crippen molar-refractivity contribution in [1.29, 1.82) is 0 Å². The van der Waals surface area contributed by atoms with Crippen molar-refractivity contribution in [2.24, 2.45) is 0 Å². The molecule has 1 amide bonds. The zero-order valence-electron chi connectivity index (χ0n) is 14.1. The molecule has 2 aliphatic rings. The van der Waals surface area contributed by atoms with Crippen LogP contribution in [0.3, 0.4) is 0 Å². The topological polar surface area (TPSA) is 85.4 Å². The van der Waals surface area contributed by atoms with Gasteiger partial charge in [-0.25, -0.2) is 8.42 Å². The quantitative estimate of drug-likeness (QED) is 0.759. The van der Waals surface area contributed by atoms with E-state index >= 15 is 0 Å². The minimum Gasteiger partial charge on any atom is -0.486 e. The number of ether oxygens (including phenoxy) is 3. The lowest BCUT2D eigenvalue weighted by Gasteiger charge is -2.23. The average Bonchev–Trinajstić information content (AvgIpc) is 2.88. The van der Waals surface area contributed by atoms with Gasteiger partial charge in [0, 0.05) is 39.4 Å². The van der Waals surface area contributed by atoms with Crippen LogP contribution < -0.4 is 9.47 Å². The largest absolute Gasteiger partial charge is 0.486 e. The molecule has 2 heterocycles. The number of amides is 1. The summed E-state index contributed by atoms with van der Waals surface area (Å²) in [7, 11) is -2.19. The average molecular weight is 370 g/mol. The van der Waals surface area contributed by atoms with E-state index in [1.807, 2.05) is 0 Å². The summed E-state index contributed by atoms with van der Waals surface area (Å²) in [4.78, 5) is 13.8. The molecule has 0 N–H and O–H groups in total. The molecular formula is C16H22N2O6S. The number of carbonyl (C=O) groups excluding carboxylic acids is 1. The number of carbonyl (C=O) groups is 1. The van der Waals surface area contributed by atoms with Crippen molar-refractivity contribution in [3.8, 4) is 11.5 Å². The van der Waals surface area contributed by atoms with Gasteiger partial charge in [-0.15, -0.1) is 0 Å². The minimum absolute atomic E-state index is 0.00884. The van der Waals surface area contributed by atoms with Crippen molar-refractivity contribution < 1.29 is 27.4 Å². The van der Waals surface area contributed by atoms with Crippen LogP contribution in [0.25, 0.3) is 0 Å². The molecule has 9 heteroatoms. The van der Waals surface area contributed by atoms with Gasteiger partial charge in [0.15, 0.2) is 11.5 Å². The van der Waals surface area contributed by atoms with Crippen LogP contribution in [-0.2, 0) is 19.6 Å². The van der Waals surface area contributed by atoms with Crippen LogP contribution in [0.4, 0.5) is 0 Å². The molecule has 0 aliphatic carbocycles.